The Morgan fingerprint density at radius 2 is 2.29 bits per heavy atom. The monoisotopic (exact) mass is 253 g/mol. The van der Waals surface area contributed by atoms with Gasteiger partial charge in [-0.25, -0.2) is 4.79 Å². The van der Waals surface area contributed by atoms with Crippen molar-refractivity contribution in [2.45, 2.75) is 12.5 Å². The Hall–Kier alpha value is -2.27. The second kappa shape index (κ2) is 5.72. The minimum atomic E-state index is -1.07. The number of amides is 2. The maximum Gasteiger partial charge on any atom is 0.405 e. The van der Waals surface area contributed by atoms with Crippen LogP contribution in [0.25, 0.3) is 0 Å². The van der Waals surface area contributed by atoms with Crippen molar-refractivity contribution in [2.24, 2.45) is 10.9 Å². The van der Waals surface area contributed by atoms with Gasteiger partial charge in [-0.1, -0.05) is 0 Å². The first kappa shape index (κ1) is 12.8. The second-order valence-electron chi connectivity index (χ2n) is 2.93. The van der Waals surface area contributed by atoms with Crippen LogP contribution in [-0.2, 0) is 9.53 Å². The van der Waals surface area contributed by atoms with Gasteiger partial charge in [0.05, 0.1) is 6.42 Å². The number of rotatable bonds is 4. The number of ether oxygens (including phenoxy) is 1. The Kier molecular flexibility index (Phi) is 4.30. The number of carbonyl (C=O) groups excluding carboxylic acids is 2. The van der Waals surface area contributed by atoms with Crippen LogP contribution in [0.2, 0.25) is 0 Å². The number of primary amides is 1. The first-order valence-corrected chi connectivity index (χ1v) is 5.20. The van der Waals surface area contributed by atoms with Crippen molar-refractivity contribution in [1.29, 1.82) is 5.26 Å². The van der Waals surface area contributed by atoms with Crippen LogP contribution in [0.1, 0.15) is 22.3 Å². The fourth-order valence-corrected chi connectivity index (χ4v) is 1.96. The molecule has 1 heterocycles. The molecule has 0 saturated carbocycles. The summed E-state index contributed by atoms with van der Waals surface area (Å²) in [6.45, 7) is 0. The third-order valence-electron chi connectivity index (χ3n) is 1.77. The summed E-state index contributed by atoms with van der Waals surface area (Å²) in [5.41, 5.74) is 4.85. The molecule has 1 aromatic rings. The Morgan fingerprint density at radius 1 is 1.59 bits per heavy atom. The largest absolute Gasteiger partial charge is 0.440 e. The molecule has 0 aliphatic rings. The van der Waals surface area contributed by atoms with Gasteiger partial charge in [-0.05, 0) is 12.1 Å². The molecule has 8 heteroatoms. The first-order chi connectivity index (χ1) is 8.06. The molecule has 0 fully saturated rings. The zero-order valence-electron chi connectivity index (χ0n) is 8.45. The predicted molar refractivity (Wildman–Crippen MR) is 57.9 cm³/mol. The molecule has 0 saturated heterocycles. The summed E-state index contributed by atoms with van der Waals surface area (Å²) in [5.74, 6) is -0.955. The minimum Gasteiger partial charge on any atom is -0.440 e. The zero-order valence-corrected chi connectivity index (χ0v) is 9.27. The van der Waals surface area contributed by atoms with Gasteiger partial charge in [0, 0.05) is 10.1 Å². The minimum absolute atomic E-state index is 0.391. The number of nitroso groups, excluding NO2 is 1. The van der Waals surface area contributed by atoms with E-state index in [9.17, 15) is 14.5 Å². The van der Waals surface area contributed by atoms with E-state index in [-0.39, 0.29) is 0 Å². The summed E-state index contributed by atoms with van der Waals surface area (Å²) in [5, 5.41) is 10.8. The van der Waals surface area contributed by atoms with Crippen LogP contribution in [0.15, 0.2) is 17.3 Å². The summed E-state index contributed by atoms with van der Waals surface area (Å²) in [7, 11) is 0. The van der Waals surface area contributed by atoms with Crippen LogP contribution in [0.4, 0.5) is 4.79 Å². The molecular formula is C9H7N3O4S. The van der Waals surface area contributed by atoms with Gasteiger partial charge >= 0.3 is 6.09 Å². The molecule has 1 unspecified atom stereocenters. The molecular weight excluding hydrogens is 246 g/mol. The Labute approximate surface area is 99.8 Å². The molecule has 2 N–H and O–H groups in total. The topological polar surface area (TPSA) is 123 Å². The number of carbonyl (C=O) groups is 2. The van der Waals surface area contributed by atoms with Gasteiger partial charge in [-0.2, -0.15) is 5.26 Å². The van der Waals surface area contributed by atoms with E-state index >= 15 is 0 Å². The van der Waals surface area contributed by atoms with E-state index in [1.54, 1.807) is 0 Å². The summed E-state index contributed by atoms with van der Waals surface area (Å²) in [6, 6.07) is 4.93. The van der Waals surface area contributed by atoms with E-state index in [0.29, 0.717) is 9.75 Å². The van der Waals surface area contributed by atoms with Crippen molar-refractivity contribution < 1.29 is 14.3 Å². The molecule has 17 heavy (non-hydrogen) atoms. The quantitative estimate of drug-likeness (QED) is 0.813. The van der Waals surface area contributed by atoms with Gasteiger partial charge in [-0.15, -0.1) is 16.2 Å². The summed E-state index contributed by atoms with van der Waals surface area (Å²) < 4.78 is 4.69. The van der Waals surface area contributed by atoms with Gasteiger partial charge in [-0.3, -0.25) is 4.79 Å². The van der Waals surface area contributed by atoms with Gasteiger partial charge in [0.1, 0.15) is 17.1 Å². The lowest BCUT2D eigenvalue weighted by atomic mass is 10.2. The SMILES string of the molecule is N#Cc1ccc(C(CC(=O)N=O)OC(N)=O)s1. The molecule has 0 spiro atoms. The first-order valence-electron chi connectivity index (χ1n) is 4.39. The Bertz CT molecular complexity index is 491. The lowest BCUT2D eigenvalue weighted by Gasteiger charge is -2.12. The summed E-state index contributed by atoms with van der Waals surface area (Å²) >= 11 is 1.05. The van der Waals surface area contributed by atoms with Crippen LogP contribution in [0.3, 0.4) is 0 Å². The summed E-state index contributed by atoms with van der Waals surface area (Å²) in [4.78, 5) is 32.4. The van der Waals surface area contributed by atoms with E-state index in [0.717, 1.165) is 11.3 Å². The number of thiophene rings is 1. The number of hydrogen-bond acceptors (Lipinski definition) is 6. The van der Waals surface area contributed by atoms with Crippen molar-refractivity contribution in [2.75, 3.05) is 0 Å². The van der Waals surface area contributed by atoms with Gasteiger partial charge in [0.25, 0.3) is 5.91 Å². The van der Waals surface area contributed by atoms with Crippen molar-refractivity contribution in [3.05, 3.63) is 26.8 Å². The Balaban J connectivity index is 2.89. The second-order valence-corrected chi connectivity index (χ2v) is 4.04. The van der Waals surface area contributed by atoms with Gasteiger partial charge < -0.3 is 10.5 Å². The van der Waals surface area contributed by atoms with Crippen LogP contribution >= 0.6 is 11.3 Å². The third-order valence-corrected chi connectivity index (χ3v) is 2.86. The van der Waals surface area contributed by atoms with Crippen molar-refractivity contribution in [3.8, 4) is 6.07 Å². The number of nitrogens with zero attached hydrogens (tertiary/aromatic N) is 2. The molecule has 0 aromatic carbocycles. The highest BCUT2D eigenvalue weighted by Crippen LogP contribution is 2.28. The van der Waals surface area contributed by atoms with E-state index < -0.39 is 24.5 Å². The fraction of sp³-hybridized carbons (Fsp3) is 0.222. The zero-order chi connectivity index (χ0) is 12.8. The highest BCUT2D eigenvalue weighted by Gasteiger charge is 2.21. The Morgan fingerprint density at radius 3 is 2.76 bits per heavy atom. The maximum atomic E-state index is 10.9. The van der Waals surface area contributed by atoms with E-state index in [4.69, 9.17) is 11.0 Å². The van der Waals surface area contributed by atoms with Crippen molar-refractivity contribution in [1.82, 2.24) is 0 Å². The molecule has 0 radical (unpaired) electrons. The maximum absolute atomic E-state index is 10.9. The summed E-state index contributed by atoms with van der Waals surface area (Å²) in [6.07, 6.45) is -2.44. The van der Waals surface area contributed by atoms with Crippen LogP contribution in [0, 0.1) is 16.2 Å². The van der Waals surface area contributed by atoms with Crippen molar-refractivity contribution in [3.63, 3.8) is 0 Å². The molecule has 1 aromatic heterocycles. The molecule has 2 amide bonds. The normalized spacial score (nSPS) is 11.2. The van der Waals surface area contributed by atoms with E-state index in [2.05, 4.69) is 9.91 Å². The fourth-order valence-electron chi connectivity index (χ4n) is 1.12. The molecule has 88 valence electrons. The van der Waals surface area contributed by atoms with Crippen LogP contribution in [0.5, 0.6) is 0 Å². The highest BCUT2D eigenvalue weighted by atomic mass is 32.1. The number of hydrogen-bond donors (Lipinski definition) is 1. The average Bonchev–Trinajstić information content (AvgIpc) is 2.75. The van der Waals surface area contributed by atoms with Crippen molar-refractivity contribution >= 4 is 23.3 Å². The molecule has 1 rings (SSSR count). The van der Waals surface area contributed by atoms with Crippen LogP contribution in [-0.4, -0.2) is 12.0 Å². The van der Waals surface area contributed by atoms with Gasteiger partial charge in [0.2, 0.25) is 0 Å². The lowest BCUT2D eigenvalue weighted by molar-refractivity contribution is -0.119. The standard InChI is InChI=1S/C9H7N3O4S/c10-4-5-1-2-7(17-5)6(16-9(11)14)3-8(13)12-15/h1-2,6H,3H2,(H2,11,14). The molecule has 1 atom stereocenters. The molecule has 0 bridgehead atoms. The smallest absolute Gasteiger partial charge is 0.405 e. The predicted octanol–water partition coefficient (Wildman–Crippen LogP) is 1.44. The lowest BCUT2D eigenvalue weighted by Crippen LogP contribution is -2.18. The highest BCUT2D eigenvalue weighted by molar-refractivity contribution is 7.12. The third kappa shape index (κ3) is 3.66. The van der Waals surface area contributed by atoms with Gasteiger partial charge in [0.15, 0.2) is 0 Å². The molecule has 0 aliphatic carbocycles. The molecule has 0 aliphatic heterocycles. The van der Waals surface area contributed by atoms with E-state index in [1.165, 1.54) is 12.1 Å². The van der Waals surface area contributed by atoms with Crippen LogP contribution < -0.4 is 5.73 Å². The number of nitrogens with two attached hydrogens (primary N) is 1. The molecule has 7 nitrogen and oxygen atoms in total. The number of nitriles is 1. The average molecular weight is 253 g/mol. The van der Waals surface area contributed by atoms with E-state index in [1.807, 2.05) is 6.07 Å².